The van der Waals surface area contributed by atoms with Gasteiger partial charge in [-0.3, -0.25) is 0 Å². The Labute approximate surface area is 186 Å². The van der Waals surface area contributed by atoms with Crippen LogP contribution in [0.1, 0.15) is 24.0 Å². The van der Waals surface area contributed by atoms with E-state index >= 15 is 0 Å². The highest BCUT2D eigenvalue weighted by atomic mass is 32.2. The summed E-state index contributed by atoms with van der Waals surface area (Å²) >= 11 is 1.66. The van der Waals surface area contributed by atoms with Crippen molar-refractivity contribution >= 4 is 23.5 Å². The lowest BCUT2D eigenvalue weighted by atomic mass is 10.2. The minimum atomic E-state index is -0.121. The third-order valence-electron chi connectivity index (χ3n) is 5.05. The molecule has 1 saturated carbocycles. The van der Waals surface area contributed by atoms with Crippen molar-refractivity contribution < 1.29 is 14.6 Å². The summed E-state index contributed by atoms with van der Waals surface area (Å²) in [6.45, 7) is 0.461. The van der Waals surface area contributed by atoms with Crippen LogP contribution in [0.5, 0.6) is 11.5 Å². The molecule has 1 aliphatic rings. The highest BCUT2D eigenvalue weighted by Crippen LogP contribution is 2.32. The maximum atomic E-state index is 13.0. The molecular formula is C24H25N3O3S. The molecule has 2 aromatic carbocycles. The number of rotatable bonds is 8. The second kappa shape index (κ2) is 9.75. The lowest BCUT2D eigenvalue weighted by Crippen LogP contribution is -2.36. The van der Waals surface area contributed by atoms with Gasteiger partial charge in [0.1, 0.15) is 0 Å². The molecule has 6 nitrogen and oxygen atoms in total. The van der Waals surface area contributed by atoms with Crippen LogP contribution in [-0.4, -0.2) is 34.2 Å². The molecule has 0 aliphatic heterocycles. The van der Waals surface area contributed by atoms with Gasteiger partial charge in [-0.1, -0.05) is 24.3 Å². The maximum absolute atomic E-state index is 13.0. The molecule has 1 aliphatic carbocycles. The number of anilines is 1. The van der Waals surface area contributed by atoms with Crippen LogP contribution in [0.2, 0.25) is 0 Å². The molecule has 1 heterocycles. The van der Waals surface area contributed by atoms with E-state index in [1.807, 2.05) is 53.4 Å². The molecule has 2 N–H and O–H groups in total. The lowest BCUT2D eigenvalue weighted by Gasteiger charge is -2.23. The predicted octanol–water partition coefficient (Wildman–Crippen LogP) is 5.28. The van der Waals surface area contributed by atoms with Crippen LogP contribution in [0, 0.1) is 0 Å². The van der Waals surface area contributed by atoms with Gasteiger partial charge in [0.05, 0.1) is 12.1 Å². The summed E-state index contributed by atoms with van der Waals surface area (Å²) in [6.07, 6.45) is 3.79. The zero-order chi connectivity index (χ0) is 21.6. The van der Waals surface area contributed by atoms with Crippen LogP contribution >= 0.6 is 11.8 Å². The summed E-state index contributed by atoms with van der Waals surface area (Å²) < 4.78 is 5.19. The summed E-state index contributed by atoms with van der Waals surface area (Å²) in [7, 11) is 1.52. The first-order valence-electron chi connectivity index (χ1n) is 10.2. The number of thioether (sulfide) groups is 1. The largest absolute Gasteiger partial charge is 0.504 e. The number of carbonyl (C=O) groups is 1. The molecule has 0 atom stereocenters. The van der Waals surface area contributed by atoms with Crippen molar-refractivity contribution in [3.05, 3.63) is 78.0 Å². The average Bonchev–Trinajstić information content (AvgIpc) is 3.63. The average molecular weight is 436 g/mol. The van der Waals surface area contributed by atoms with Crippen LogP contribution < -0.4 is 10.1 Å². The standard InChI is InChI=1S/C24H25N3O3S/c1-30-22-14-17(8-11-21(22)28)15-27(20-9-10-20)24(29)26-19-6-4-5-18(13-19)16-31-23-7-2-3-12-25-23/h2-8,11-14,20,28H,9-10,15-16H2,1H3,(H,26,29). The minimum absolute atomic E-state index is 0.0917. The monoisotopic (exact) mass is 435 g/mol. The van der Waals surface area contributed by atoms with Crippen LogP contribution in [-0.2, 0) is 12.3 Å². The van der Waals surface area contributed by atoms with Gasteiger partial charge in [-0.05, 0) is 60.4 Å². The summed E-state index contributed by atoms with van der Waals surface area (Å²) in [5.41, 5.74) is 2.81. The third-order valence-corrected chi connectivity index (χ3v) is 6.06. The van der Waals surface area contributed by atoms with Gasteiger partial charge in [-0.2, -0.15) is 0 Å². The Balaban J connectivity index is 1.41. The molecule has 3 aromatic rings. The van der Waals surface area contributed by atoms with Crippen molar-refractivity contribution in [2.75, 3.05) is 12.4 Å². The van der Waals surface area contributed by atoms with Gasteiger partial charge in [0.25, 0.3) is 0 Å². The number of nitrogens with one attached hydrogen (secondary N) is 1. The van der Waals surface area contributed by atoms with Crippen molar-refractivity contribution in [2.45, 2.75) is 36.2 Å². The number of nitrogens with zero attached hydrogens (tertiary/aromatic N) is 2. The van der Waals surface area contributed by atoms with E-state index in [2.05, 4.69) is 10.3 Å². The summed E-state index contributed by atoms with van der Waals surface area (Å²) in [6, 6.07) is 19.1. The number of phenolic OH excluding ortho intramolecular Hbond substituents is 1. The summed E-state index contributed by atoms with van der Waals surface area (Å²) in [5, 5.41) is 13.8. The first-order chi connectivity index (χ1) is 15.1. The molecule has 0 unspecified atom stereocenters. The van der Waals surface area contributed by atoms with Crippen molar-refractivity contribution in [1.82, 2.24) is 9.88 Å². The Hall–Kier alpha value is -3.19. The van der Waals surface area contributed by atoms with Crippen LogP contribution in [0.3, 0.4) is 0 Å². The van der Waals surface area contributed by atoms with E-state index in [9.17, 15) is 9.90 Å². The van der Waals surface area contributed by atoms with E-state index in [0.717, 1.165) is 40.4 Å². The quantitative estimate of drug-likeness (QED) is 0.471. The first kappa shape index (κ1) is 21.1. The van der Waals surface area contributed by atoms with Crippen molar-refractivity contribution in [1.29, 1.82) is 0 Å². The maximum Gasteiger partial charge on any atom is 0.322 e. The molecule has 0 saturated heterocycles. The minimum Gasteiger partial charge on any atom is -0.504 e. The molecule has 31 heavy (non-hydrogen) atoms. The van der Waals surface area contributed by atoms with Gasteiger partial charge in [0.15, 0.2) is 11.5 Å². The third kappa shape index (κ3) is 5.70. The SMILES string of the molecule is COc1cc(CN(C(=O)Nc2cccc(CSc3ccccn3)c2)C2CC2)ccc1O. The number of benzene rings is 2. The van der Waals surface area contributed by atoms with Gasteiger partial charge >= 0.3 is 6.03 Å². The van der Waals surface area contributed by atoms with Gasteiger partial charge in [0.2, 0.25) is 0 Å². The zero-order valence-electron chi connectivity index (χ0n) is 17.3. The highest BCUT2D eigenvalue weighted by molar-refractivity contribution is 7.98. The fraction of sp³-hybridized carbons (Fsp3) is 0.250. The number of hydrogen-bond donors (Lipinski definition) is 2. The summed E-state index contributed by atoms with van der Waals surface area (Å²) in [4.78, 5) is 19.2. The molecule has 1 fully saturated rings. The van der Waals surface area contributed by atoms with Gasteiger partial charge < -0.3 is 20.1 Å². The lowest BCUT2D eigenvalue weighted by molar-refractivity contribution is 0.206. The van der Waals surface area contributed by atoms with E-state index in [1.54, 1.807) is 30.1 Å². The van der Waals surface area contributed by atoms with Crippen LogP contribution in [0.25, 0.3) is 0 Å². The molecule has 0 spiro atoms. The van der Waals surface area contributed by atoms with Crippen molar-refractivity contribution in [3.63, 3.8) is 0 Å². The van der Waals surface area contributed by atoms with E-state index in [0.29, 0.717) is 12.3 Å². The van der Waals surface area contributed by atoms with Crippen molar-refractivity contribution in [2.24, 2.45) is 0 Å². The number of phenols is 1. The van der Waals surface area contributed by atoms with E-state index in [1.165, 1.54) is 7.11 Å². The van der Waals surface area contributed by atoms with Gasteiger partial charge in [-0.25, -0.2) is 9.78 Å². The molecule has 0 radical (unpaired) electrons. The Morgan fingerprint density at radius 1 is 1.16 bits per heavy atom. The summed E-state index contributed by atoms with van der Waals surface area (Å²) in [5.74, 6) is 1.28. The van der Waals surface area contributed by atoms with Crippen molar-refractivity contribution in [3.8, 4) is 11.5 Å². The number of amides is 2. The number of aromatic nitrogens is 1. The topological polar surface area (TPSA) is 74.7 Å². The van der Waals surface area contributed by atoms with Gasteiger partial charge in [0, 0.05) is 30.2 Å². The normalized spacial score (nSPS) is 12.9. The number of ether oxygens (including phenoxy) is 1. The second-order valence-corrected chi connectivity index (χ2v) is 8.45. The Bertz CT molecular complexity index is 1040. The predicted molar refractivity (Wildman–Crippen MR) is 122 cm³/mol. The van der Waals surface area contributed by atoms with Gasteiger partial charge in [-0.15, -0.1) is 11.8 Å². The molecule has 4 rings (SSSR count). The Morgan fingerprint density at radius 3 is 2.77 bits per heavy atom. The number of methoxy groups -OCH3 is 1. The molecule has 1 aromatic heterocycles. The molecular weight excluding hydrogens is 410 g/mol. The number of pyridine rings is 1. The number of hydrogen-bond acceptors (Lipinski definition) is 5. The number of urea groups is 1. The number of aromatic hydroxyl groups is 1. The fourth-order valence-electron chi connectivity index (χ4n) is 3.29. The van der Waals surface area contributed by atoms with E-state index in [-0.39, 0.29) is 17.8 Å². The first-order valence-corrected chi connectivity index (χ1v) is 11.2. The molecule has 2 amide bonds. The Morgan fingerprint density at radius 2 is 2.03 bits per heavy atom. The fourth-order valence-corrected chi connectivity index (χ4v) is 4.10. The molecule has 160 valence electrons. The second-order valence-electron chi connectivity index (χ2n) is 7.45. The molecule has 7 heteroatoms. The zero-order valence-corrected chi connectivity index (χ0v) is 18.1. The Kier molecular flexibility index (Phi) is 6.62. The van der Waals surface area contributed by atoms with E-state index in [4.69, 9.17) is 4.74 Å². The van der Waals surface area contributed by atoms with E-state index < -0.39 is 0 Å². The smallest absolute Gasteiger partial charge is 0.322 e. The highest BCUT2D eigenvalue weighted by Gasteiger charge is 2.32. The number of carbonyl (C=O) groups excluding carboxylic acids is 1. The van der Waals surface area contributed by atoms with Crippen LogP contribution in [0.4, 0.5) is 10.5 Å². The molecule has 0 bridgehead atoms. The van der Waals surface area contributed by atoms with Crippen LogP contribution in [0.15, 0.2) is 71.9 Å².